The van der Waals surface area contributed by atoms with Gasteiger partial charge in [-0.05, 0) is 32.0 Å². The van der Waals surface area contributed by atoms with Crippen LogP contribution in [-0.2, 0) is 0 Å². The second-order valence-electron chi connectivity index (χ2n) is 2.84. The first kappa shape index (κ1) is 7.76. The third-order valence-electron chi connectivity index (χ3n) is 1.96. The van der Waals surface area contributed by atoms with Crippen molar-refractivity contribution in [1.29, 1.82) is 0 Å². The van der Waals surface area contributed by atoms with Crippen LogP contribution in [0, 0.1) is 0 Å². The maximum atomic E-state index is 4.00. The lowest BCUT2D eigenvalue weighted by Gasteiger charge is -2.12. The highest BCUT2D eigenvalue weighted by Crippen LogP contribution is 2.11. The zero-order chi connectivity index (χ0) is 7.40. The number of hydrogen-bond donors (Lipinski definition) is 2. The minimum Gasteiger partial charge on any atom is -0.316 e. The van der Waals surface area contributed by atoms with Crippen molar-refractivity contribution < 1.29 is 0 Å². The van der Waals surface area contributed by atoms with Crippen molar-refractivity contribution in [3.8, 4) is 0 Å². The summed E-state index contributed by atoms with van der Waals surface area (Å²) < 4.78 is 0. The molecule has 0 aromatic heterocycles. The number of likely N-dealkylation sites (N-methyl/N-ethyl adjacent to an activating group) is 1. The van der Waals surface area contributed by atoms with Crippen molar-refractivity contribution >= 4 is 0 Å². The Morgan fingerprint density at radius 2 is 2.60 bits per heavy atom. The van der Waals surface area contributed by atoms with E-state index in [-0.39, 0.29) is 0 Å². The van der Waals surface area contributed by atoms with E-state index in [1.54, 1.807) is 0 Å². The van der Waals surface area contributed by atoms with Crippen LogP contribution in [0.4, 0.5) is 0 Å². The molecule has 1 atom stereocenters. The molecule has 1 saturated heterocycles. The van der Waals surface area contributed by atoms with Crippen molar-refractivity contribution in [3.05, 3.63) is 12.2 Å². The zero-order valence-electron chi connectivity index (χ0n) is 6.61. The molecule has 0 amide bonds. The summed E-state index contributed by atoms with van der Waals surface area (Å²) in [6.07, 6.45) is 2.56. The lowest BCUT2D eigenvalue weighted by Crippen LogP contribution is -2.28. The van der Waals surface area contributed by atoms with Crippen molar-refractivity contribution in [2.45, 2.75) is 18.9 Å². The van der Waals surface area contributed by atoms with E-state index in [0.29, 0.717) is 6.04 Å². The maximum Gasteiger partial charge on any atom is 0.0289 e. The fourth-order valence-electron chi connectivity index (χ4n) is 1.38. The molecule has 0 aromatic rings. The van der Waals surface area contributed by atoms with E-state index in [4.69, 9.17) is 0 Å². The van der Waals surface area contributed by atoms with Gasteiger partial charge in [0.05, 0.1) is 0 Å². The van der Waals surface area contributed by atoms with E-state index in [9.17, 15) is 0 Å². The molecule has 2 heteroatoms. The molecule has 58 valence electrons. The minimum atomic E-state index is 0.576. The first-order chi connectivity index (χ1) is 4.84. The molecule has 1 aliphatic rings. The summed E-state index contributed by atoms with van der Waals surface area (Å²) in [4.78, 5) is 0. The molecule has 2 nitrogen and oxygen atoms in total. The molecule has 0 aliphatic carbocycles. The normalized spacial score (nSPS) is 25.1. The van der Waals surface area contributed by atoms with Crippen LogP contribution in [0.1, 0.15) is 12.8 Å². The van der Waals surface area contributed by atoms with E-state index < -0.39 is 0 Å². The van der Waals surface area contributed by atoms with Gasteiger partial charge in [-0.25, -0.2) is 0 Å². The van der Waals surface area contributed by atoms with E-state index >= 15 is 0 Å². The second kappa shape index (κ2) is 3.74. The van der Waals surface area contributed by atoms with Gasteiger partial charge in [0.15, 0.2) is 0 Å². The van der Waals surface area contributed by atoms with Gasteiger partial charge in [0.1, 0.15) is 0 Å². The van der Waals surface area contributed by atoms with Gasteiger partial charge in [0.2, 0.25) is 0 Å². The molecular formula is C8H16N2. The van der Waals surface area contributed by atoms with E-state index in [0.717, 1.165) is 13.1 Å². The van der Waals surface area contributed by atoms with Gasteiger partial charge in [0, 0.05) is 12.6 Å². The molecule has 0 aromatic carbocycles. The molecule has 0 saturated carbocycles. The minimum absolute atomic E-state index is 0.576. The van der Waals surface area contributed by atoms with Crippen molar-refractivity contribution in [2.24, 2.45) is 0 Å². The second-order valence-corrected chi connectivity index (χ2v) is 2.84. The third kappa shape index (κ3) is 1.82. The molecule has 10 heavy (non-hydrogen) atoms. The molecule has 1 rings (SSSR count). The van der Waals surface area contributed by atoms with Gasteiger partial charge >= 0.3 is 0 Å². The van der Waals surface area contributed by atoms with Gasteiger partial charge in [0.25, 0.3) is 0 Å². The molecule has 1 heterocycles. The summed E-state index contributed by atoms with van der Waals surface area (Å²) in [6, 6.07) is 0.576. The first-order valence-electron chi connectivity index (χ1n) is 3.90. The highest BCUT2D eigenvalue weighted by molar-refractivity contribution is 5.08. The van der Waals surface area contributed by atoms with Gasteiger partial charge in [-0.1, -0.05) is 6.58 Å². The van der Waals surface area contributed by atoms with Crippen LogP contribution in [0.3, 0.4) is 0 Å². The molecule has 0 spiro atoms. The van der Waals surface area contributed by atoms with Crippen LogP contribution in [0.25, 0.3) is 0 Å². The summed E-state index contributed by atoms with van der Waals surface area (Å²) in [6.45, 7) is 6.10. The van der Waals surface area contributed by atoms with Crippen LogP contribution in [-0.4, -0.2) is 26.2 Å². The highest BCUT2D eigenvalue weighted by atomic mass is 14.9. The summed E-state index contributed by atoms with van der Waals surface area (Å²) in [5.41, 5.74) is 1.29. The average Bonchev–Trinajstić information content (AvgIpc) is 2.38. The van der Waals surface area contributed by atoms with Crippen molar-refractivity contribution in [2.75, 3.05) is 20.1 Å². The van der Waals surface area contributed by atoms with Crippen LogP contribution < -0.4 is 10.6 Å². The molecule has 0 bridgehead atoms. The molecule has 0 radical (unpaired) electrons. The van der Waals surface area contributed by atoms with Crippen LogP contribution in [0.15, 0.2) is 12.2 Å². The Hall–Kier alpha value is -0.340. The van der Waals surface area contributed by atoms with Gasteiger partial charge in [-0.15, -0.1) is 0 Å². The standard InChI is InChI=1S/C8H16N2/c1-7(6-9-2)8-4-3-5-10-8/h8-10H,1,3-6H2,2H3. The first-order valence-corrected chi connectivity index (χ1v) is 3.90. The van der Waals surface area contributed by atoms with Crippen molar-refractivity contribution in [1.82, 2.24) is 10.6 Å². The Kier molecular flexibility index (Phi) is 2.90. The summed E-state index contributed by atoms with van der Waals surface area (Å²) in [5.74, 6) is 0. The number of hydrogen-bond acceptors (Lipinski definition) is 2. The maximum absolute atomic E-state index is 4.00. The van der Waals surface area contributed by atoms with E-state index in [1.807, 2.05) is 7.05 Å². The molecule has 2 N–H and O–H groups in total. The fraction of sp³-hybridized carbons (Fsp3) is 0.750. The topological polar surface area (TPSA) is 24.1 Å². The fourth-order valence-corrected chi connectivity index (χ4v) is 1.38. The Balaban J connectivity index is 2.25. The molecule has 1 fully saturated rings. The van der Waals surface area contributed by atoms with E-state index in [1.165, 1.54) is 18.4 Å². The Morgan fingerprint density at radius 1 is 1.80 bits per heavy atom. The monoisotopic (exact) mass is 140 g/mol. The average molecular weight is 140 g/mol. The number of rotatable bonds is 3. The predicted molar refractivity (Wildman–Crippen MR) is 44.1 cm³/mol. The smallest absolute Gasteiger partial charge is 0.0289 e. The lowest BCUT2D eigenvalue weighted by molar-refractivity contribution is 0.659. The molecule has 1 aliphatic heterocycles. The molecular weight excluding hydrogens is 124 g/mol. The van der Waals surface area contributed by atoms with Gasteiger partial charge in [-0.2, -0.15) is 0 Å². The van der Waals surface area contributed by atoms with Crippen LogP contribution in [0.2, 0.25) is 0 Å². The lowest BCUT2D eigenvalue weighted by atomic mass is 10.1. The summed E-state index contributed by atoms with van der Waals surface area (Å²) in [5, 5.41) is 6.51. The Bertz CT molecular complexity index is 114. The molecule has 1 unspecified atom stereocenters. The number of nitrogens with one attached hydrogen (secondary N) is 2. The Labute approximate surface area is 62.7 Å². The predicted octanol–water partition coefficient (Wildman–Crippen LogP) is 0.514. The van der Waals surface area contributed by atoms with Crippen molar-refractivity contribution in [3.63, 3.8) is 0 Å². The largest absolute Gasteiger partial charge is 0.316 e. The van der Waals surface area contributed by atoms with Crippen LogP contribution in [0.5, 0.6) is 0 Å². The summed E-state index contributed by atoms with van der Waals surface area (Å²) in [7, 11) is 1.96. The quantitative estimate of drug-likeness (QED) is 0.558. The highest BCUT2D eigenvalue weighted by Gasteiger charge is 2.15. The van der Waals surface area contributed by atoms with Crippen LogP contribution >= 0.6 is 0 Å². The SMILES string of the molecule is C=C(CNC)C1CCCN1. The van der Waals surface area contributed by atoms with E-state index in [2.05, 4.69) is 17.2 Å². The van der Waals surface area contributed by atoms with Gasteiger partial charge in [-0.3, -0.25) is 0 Å². The zero-order valence-corrected chi connectivity index (χ0v) is 6.61. The third-order valence-corrected chi connectivity index (χ3v) is 1.96. The van der Waals surface area contributed by atoms with Gasteiger partial charge < -0.3 is 10.6 Å². The summed E-state index contributed by atoms with van der Waals surface area (Å²) >= 11 is 0. The Morgan fingerprint density at radius 3 is 3.10 bits per heavy atom.